The zero-order valence-corrected chi connectivity index (χ0v) is 21.5. The van der Waals surface area contributed by atoms with Crippen LogP contribution >= 0.6 is 0 Å². The number of hydrogen-bond donors (Lipinski definition) is 0. The molecule has 8 heteroatoms. The van der Waals surface area contributed by atoms with Crippen LogP contribution < -0.4 is 0 Å². The van der Waals surface area contributed by atoms with Gasteiger partial charge in [0.05, 0.1) is 27.2 Å². The van der Waals surface area contributed by atoms with Gasteiger partial charge in [0.15, 0.2) is 31.2 Å². The van der Waals surface area contributed by atoms with Gasteiger partial charge in [-0.3, -0.25) is 9.59 Å². The quantitative estimate of drug-likeness (QED) is 0.367. The summed E-state index contributed by atoms with van der Waals surface area (Å²) in [5, 5.41) is 0. The molecule has 0 aromatic heterocycles. The highest BCUT2D eigenvalue weighted by Gasteiger charge is 2.32. The second kappa shape index (κ2) is 10.7. The molecule has 0 aliphatic heterocycles. The van der Waals surface area contributed by atoms with Gasteiger partial charge >= 0.3 is 0 Å². The molecule has 0 amide bonds. The van der Waals surface area contributed by atoms with Crippen LogP contribution in [0, 0.1) is 19.8 Å². The minimum Gasteiger partial charge on any atom is -0.294 e. The first kappa shape index (κ1) is 26.5. The Morgan fingerprint density at radius 1 is 0.629 bits per heavy atom. The molecule has 6 nitrogen and oxygen atoms in total. The van der Waals surface area contributed by atoms with Gasteiger partial charge in [-0.05, 0) is 38.1 Å². The fourth-order valence-electron chi connectivity index (χ4n) is 3.67. The molecule has 0 N–H and O–H groups in total. The Balaban J connectivity index is 1.98. The molecule has 0 bridgehead atoms. The molecule has 0 spiro atoms. The maximum absolute atomic E-state index is 13.4. The van der Waals surface area contributed by atoms with Crippen molar-refractivity contribution in [3.05, 3.63) is 95.1 Å². The molecule has 0 atom stereocenters. The Hall–Kier alpha value is -3.10. The number of carbonyl (C=O) groups excluding carboxylic acids is 2. The molecule has 0 aliphatic carbocycles. The van der Waals surface area contributed by atoms with E-state index < -0.39 is 42.9 Å². The van der Waals surface area contributed by atoms with Crippen molar-refractivity contribution in [3.8, 4) is 0 Å². The molecule has 3 aromatic carbocycles. The van der Waals surface area contributed by atoms with E-state index in [2.05, 4.69) is 0 Å². The van der Waals surface area contributed by atoms with E-state index in [1.165, 1.54) is 48.5 Å². The van der Waals surface area contributed by atoms with Crippen molar-refractivity contribution < 1.29 is 26.4 Å². The number of Topliss-reactive ketones (excluding diaryl/α,β-unsaturated/α-hetero) is 2. The highest BCUT2D eigenvalue weighted by Crippen LogP contribution is 2.23. The van der Waals surface area contributed by atoms with Gasteiger partial charge in [-0.2, -0.15) is 0 Å². The van der Waals surface area contributed by atoms with E-state index in [1.807, 2.05) is 13.8 Å². The van der Waals surface area contributed by atoms with Gasteiger partial charge in [0.1, 0.15) is 0 Å². The number of rotatable bonds is 10. The van der Waals surface area contributed by atoms with Crippen LogP contribution in [0.4, 0.5) is 0 Å². The standard InChI is InChI=1S/C27H28O6S2/c1-4-26(28)21-9-11-22(12-10-21)27(29)23(17-34(30,31)24-13-5-19(2)6-14-24)18-35(32,33)25-15-7-20(3)8-16-25/h5-16,23H,4,17-18H2,1-3H3. The third-order valence-electron chi connectivity index (χ3n) is 5.78. The number of benzene rings is 3. The summed E-state index contributed by atoms with van der Waals surface area (Å²) in [5.74, 6) is -3.35. The molecule has 35 heavy (non-hydrogen) atoms. The highest BCUT2D eigenvalue weighted by molar-refractivity contribution is 7.92. The Morgan fingerprint density at radius 3 is 1.37 bits per heavy atom. The zero-order valence-electron chi connectivity index (χ0n) is 19.9. The summed E-state index contributed by atoms with van der Waals surface area (Å²) in [6, 6.07) is 18.3. The average molecular weight is 513 g/mol. The first-order valence-electron chi connectivity index (χ1n) is 11.2. The van der Waals surface area contributed by atoms with Crippen LogP contribution in [-0.4, -0.2) is 39.9 Å². The van der Waals surface area contributed by atoms with Crippen LogP contribution in [0.1, 0.15) is 45.2 Å². The molecule has 184 valence electrons. The highest BCUT2D eigenvalue weighted by atomic mass is 32.2. The lowest BCUT2D eigenvalue weighted by molar-refractivity contribution is 0.0939. The summed E-state index contributed by atoms with van der Waals surface area (Å²) in [5.41, 5.74) is 2.33. The lowest BCUT2D eigenvalue weighted by Crippen LogP contribution is -2.31. The Kier molecular flexibility index (Phi) is 8.07. The predicted molar refractivity (Wildman–Crippen MR) is 135 cm³/mol. The largest absolute Gasteiger partial charge is 0.294 e. The molecule has 3 aromatic rings. The number of ketones is 2. The molecule has 0 saturated carbocycles. The Bertz CT molecular complexity index is 1340. The van der Waals surface area contributed by atoms with Crippen LogP contribution in [-0.2, 0) is 19.7 Å². The zero-order chi connectivity index (χ0) is 25.8. The van der Waals surface area contributed by atoms with Crippen molar-refractivity contribution in [2.75, 3.05) is 11.5 Å². The molecule has 0 aliphatic rings. The van der Waals surface area contributed by atoms with Crippen molar-refractivity contribution >= 4 is 31.2 Å². The van der Waals surface area contributed by atoms with Crippen molar-refractivity contribution in [2.24, 2.45) is 5.92 Å². The second-order valence-corrected chi connectivity index (χ2v) is 12.7. The van der Waals surface area contributed by atoms with Gasteiger partial charge in [0.25, 0.3) is 0 Å². The van der Waals surface area contributed by atoms with Crippen LogP contribution in [0.15, 0.2) is 82.6 Å². The third-order valence-corrected chi connectivity index (χ3v) is 9.45. The molecule has 3 rings (SSSR count). The summed E-state index contributed by atoms with van der Waals surface area (Å²) in [4.78, 5) is 25.4. The van der Waals surface area contributed by atoms with Crippen molar-refractivity contribution in [2.45, 2.75) is 37.0 Å². The first-order valence-corrected chi connectivity index (χ1v) is 14.5. The lowest BCUT2D eigenvalue weighted by Gasteiger charge is -2.17. The summed E-state index contributed by atoms with van der Waals surface area (Å²) in [6.07, 6.45) is 0.305. The van der Waals surface area contributed by atoms with Gasteiger partial charge < -0.3 is 0 Å². The van der Waals surface area contributed by atoms with Gasteiger partial charge in [-0.25, -0.2) is 16.8 Å². The smallest absolute Gasteiger partial charge is 0.179 e. The number of aryl methyl sites for hydroxylation is 2. The van der Waals surface area contributed by atoms with Crippen LogP contribution in [0.5, 0.6) is 0 Å². The predicted octanol–water partition coefficient (Wildman–Crippen LogP) is 4.64. The summed E-state index contributed by atoms with van der Waals surface area (Å²) in [6.45, 7) is 5.37. The topological polar surface area (TPSA) is 102 Å². The molecule has 0 radical (unpaired) electrons. The number of hydrogen-bond acceptors (Lipinski definition) is 6. The lowest BCUT2D eigenvalue weighted by atomic mass is 9.98. The molecule has 0 unspecified atom stereocenters. The van der Waals surface area contributed by atoms with E-state index >= 15 is 0 Å². The van der Waals surface area contributed by atoms with Crippen molar-refractivity contribution in [3.63, 3.8) is 0 Å². The Morgan fingerprint density at radius 2 is 1.00 bits per heavy atom. The van der Waals surface area contributed by atoms with E-state index in [0.717, 1.165) is 11.1 Å². The van der Waals surface area contributed by atoms with E-state index in [9.17, 15) is 26.4 Å². The summed E-state index contributed by atoms with van der Waals surface area (Å²) < 4.78 is 52.6. The van der Waals surface area contributed by atoms with E-state index in [0.29, 0.717) is 12.0 Å². The molecule has 0 fully saturated rings. The van der Waals surface area contributed by atoms with Gasteiger partial charge in [0.2, 0.25) is 0 Å². The van der Waals surface area contributed by atoms with E-state index in [-0.39, 0.29) is 21.1 Å². The normalized spacial score (nSPS) is 12.0. The minimum absolute atomic E-state index is 0.0255. The molecule has 0 heterocycles. The van der Waals surface area contributed by atoms with Gasteiger partial charge in [-0.1, -0.05) is 66.6 Å². The fourth-order valence-corrected chi connectivity index (χ4v) is 6.91. The number of sulfone groups is 2. The monoisotopic (exact) mass is 512 g/mol. The Labute approximate surface area is 206 Å². The van der Waals surface area contributed by atoms with E-state index in [4.69, 9.17) is 0 Å². The SMILES string of the molecule is CCC(=O)c1ccc(C(=O)C(CS(=O)(=O)c2ccc(C)cc2)CS(=O)(=O)c2ccc(C)cc2)cc1. The molecular formula is C27H28O6S2. The maximum atomic E-state index is 13.4. The first-order chi connectivity index (χ1) is 16.4. The second-order valence-electron chi connectivity index (χ2n) is 8.60. The summed E-state index contributed by atoms with van der Waals surface area (Å²) in [7, 11) is -7.91. The van der Waals surface area contributed by atoms with Crippen LogP contribution in [0.3, 0.4) is 0 Å². The van der Waals surface area contributed by atoms with Gasteiger partial charge in [-0.15, -0.1) is 0 Å². The van der Waals surface area contributed by atoms with E-state index in [1.54, 1.807) is 31.2 Å². The minimum atomic E-state index is -3.96. The van der Waals surface area contributed by atoms with Gasteiger partial charge in [0, 0.05) is 17.5 Å². The molecule has 0 saturated heterocycles. The third kappa shape index (κ3) is 6.52. The van der Waals surface area contributed by atoms with Crippen molar-refractivity contribution in [1.29, 1.82) is 0 Å². The van der Waals surface area contributed by atoms with Crippen molar-refractivity contribution in [1.82, 2.24) is 0 Å². The fraction of sp³-hybridized carbons (Fsp3) is 0.259. The molecular weight excluding hydrogens is 484 g/mol. The maximum Gasteiger partial charge on any atom is 0.179 e. The number of carbonyl (C=O) groups is 2. The van der Waals surface area contributed by atoms with Crippen LogP contribution in [0.25, 0.3) is 0 Å². The van der Waals surface area contributed by atoms with Crippen LogP contribution in [0.2, 0.25) is 0 Å². The summed E-state index contributed by atoms with van der Waals surface area (Å²) >= 11 is 0. The average Bonchev–Trinajstić information content (AvgIpc) is 2.83.